The molecule has 1 aliphatic carbocycles. The second-order valence-corrected chi connectivity index (χ2v) is 11.0. The lowest BCUT2D eigenvalue weighted by Gasteiger charge is -2.39. The predicted molar refractivity (Wildman–Crippen MR) is 150 cm³/mol. The first-order valence-corrected chi connectivity index (χ1v) is 13.6. The van der Waals surface area contributed by atoms with Gasteiger partial charge in [-0.1, -0.05) is 85.8 Å². The molecule has 1 aliphatic heterocycles. The van der Waals surface area contributed by atoms with E-state index >= 15 is 0 Å². The smallest absolute Gasteiger partial charge is 0.321 e. The Balaban J connectivity index is 1.45. The molecule has 5 rings (SSSR count). The largest absolute Gasteiger partial charge is 0.480 e. The Morgan fingerprint density at radius 1 is 0.892 bits per heavy atom. The molecular formula is C32H39N3O2. The van der Waals surface area contributed by atoms with Crippen molar-refractivity contribution in [1.82, 2.24) is 15.5 Å². The molecule has 3 aromatic carbocycles. The van der Waals surface area contributed by atoms with Crippen LogP contribution in [0.25, 0.3) is 11.1 Å². The summed E-state index contributed by atoms with van der Waals surface area (Å²) in [5.74, 6) is -0.928. The van der Waals surface area contributed by atoms with Gasteiger partial charge in [-0.3, -0.25) is 10.1 Å². The van der Waals surface area contributed by atoms with Gasteiger partial charge >= 0.3 is 5.97 Å². The number of nitrogens with one attached hydrogen (secondary N) is 2. The van der Waals surface area contributed by atoms with Crippen LogP contribution in [0, 0.1) is 5.92 Å². The van der Waals surface area contributed by atoms with Crippen LogP contribution < -0.4 is 10.6 Å². The standard InChI is InChI=1S/C32H39N3O2/c1-22(2)35-19-17-25(18-20-35)33-21-23(3)30(31(36)37)34-32(24-11-5-4-6-12-24)28-15-9-7-13-26(28)27-14-8-10-16-29(27)32/h4-16,22-23,25,30,33-34H,17-21H2,1-3H3,(H,36,37). The number of fused-ring (bicyclic) bond motifs is 3. The zero-order chi connectivity index (χ0) is 26.0. The number of nitrogens with zero attached hydrogens (tertiary/aromatic N) is 1. The summed E-state index contributed by atoms with van der Waals surface area (Å²) in [6.07, 6.45) is 2.20. The number of hydrogen-bond acceptors (Lipinski definition) is 4. The predicted octanol–water partition coefficient (Wildman–Crippen LogP) is 5.10. The molecule has 2 unspecified atom stereocenters. The molecule has 0 bridgehead atoms. The van der Waals surface area contributed by atoms with Crippen molar-refractivity contribution in [2.24, 2.45) is 5.92 Å². The van der Waals surface area contributed by atoms with E-state index in [0.29, 0.717) is 18.6 Å². The summed E-state index contributed by atoms with van der Waals surface area (Å²) in [7, 11) is 0. The highest BCUT2D eigenvalue weighted by atomic mass is 16.4. The Kier molecular flexibility index (Phi) is 7.47. The third kappa shape index (κ3) is 4.84. The van der Waals surface area contributed by atoms with Crippen molar-refractivity contribution in [1.29, 1.82) is 0 Å². The minimum atomic E-state index is -0.818. The topological polar surface area (TPSA) is 64.6 Å². The first-order chi connectivity index (χ1) is 17.9. The summed E-state index contributed by atoms with van der Waals surface area (Å²) in [5, 5.41) is 17.9. The molecule has 5 nitrogen and oxygen atoms in total. The summed E-state index contributed by atoms with van der Waals surface area (Å²) in [5.41, 5.74) is 4.83. The van der Waals surface area contributed by atoms with Crippen molar-refractivity contribution in [3.63, 3.8) is 0 Å². The van der Waals surface area contributed by atoms with Gasteiger partial charge in [-0.05, 0) is 73.5 Å². The van der Waals surface area contributed by atoms with Crippen molar-refractivity contribution in [3.8, 4) is 11.1 Å². The van der Waals surface area contributed by atoms with Crippen LogP contribution >= 0.6 is 0 Å². The second kappa shape index (κ2) is 10.8. The fourth-order valence-electron chi connectivity index (χ4n) is 6.24. The van der Waals surface area contributed by atoms with Gasteiger partial charge in [0.25, 0.3) is 0 Å². The monoisotopic (exact) mass is 497 g/mol. The van der Waals surface area contributed by atoms with Crippen LogP contribution in [0.1, 0.15) is 50.3 Å². The zero-order valence-corrected chi connectivity index (χ0v) is 22.2. The maximum Gasteiger partial charge on any atom is 0.321 e. The molecule has 0 spiro atoms. The van der Waals surface area contributed by atoms with Crippen molar-refractivity contribution in [2.45, 2.75) is 57.3 Å². The molecule has 3 N–H and O–H groups in total. The minimum absolute atomic E-state index is 0.110. The van der Waals surface area contributed by atoms with Crippen molar-refractivity contribution in [3.05, 3.63) is 95.6 Å². The summed E-state index contributed by atoms with van der Waals surface area (Å²) in [4.78, 5) is 15.3. The summed E-state index contributed by atoms with van der Waals surface area (Å²) in [6, 6.07) is 27.3. The highest BCUT2D eigenvalue weighted by Gasteiger charge is 2.47. The number of benzene rings is 3. The van der Waals surface area contributed by atoms with Gasteiger partial charge < -0.3 is 15.3 Å². The lowest BCUT2D eigenvalue weighted by atomic mass is 9.79. The molecule has 3 aromatic rings. The molecular weight excluding hydrogens is 458 g/mol. The Hall–Kier alpha value is -2.99. The molecule has 194 valence electrons. The van der Waals surface area contributed by atoms with Crippen molar-refractivity contribution in [2.75, 3.05) is 19.6 Å². The summed E-state index contributed by atoms with van der Waals surface area (Å²) in [6.45, 7) is 9.39. The molecule has 0 radical (unpaired) electrons. The van der Waals surface area contributed by atoms with Crippen LogP contribution in [-0.2, 0) is 10.3 Å². The zero-order valence-electron chi connectivity index (χ0n) is 22.2. The molecule has 5 heteroatoms. The molecule has 2 aliphatic rings. The van der Waals surface area contributed by atoms with E-state index in [9.17, 15) is 9.90 Å². The van der Waals surface area contributed by atoms with Crippen LogP contribution in [0.3, 0.4) is 0 Å². The summed E-state index contributed by atoms with van der Waals surface area (Å²) >= 11 is 0. The van der Waals surface area contributed by atoms with Gasteiger partial charge in [-0.2, -0.15) is 0 Å². The Morgan fingerprint density at radius 2 is 1.43 bits per heavy atom. The van der Waals surface area contributed by atoms with E-state index in [1.807, 2.05) is 37.3 Å². The molecule has 0 saturated carbocycles. The van der Waals surface area contributed by atoms with E-state index in [1.54, 1.807) is 0 Å². The molecule has 1 saturated heterocycles. The van der Waals surface area contributed by atoms with Gasteiger partial charge in [-0.25, -0.2) is 0 Å². The normalized spacial score (nSPS) is 18.8. The molecule has 37 heavy (non-hydrogen) atoms. The van der Waals surface area contributed by atoms with E-state index in [4.69, 9.17) is 0 Å². The maximum atomic E-state index is 12.8. The van der Waals surface area contributed by atoms with E-state index in [1.165, 1.54) is 0 Å². The second-order valence-electron chi connectivity index (χ2n) is 11.0. The third-order valence-corrected chi connectivity index (χ3v) is 8.35. The average Bonchev–Trinajstić information content (AvgIpc) is 3.21. The van der Waals surface area contributed by atoms with Crippen LogP contribution in [0.5, 0.6) is 0 Å². The number of carboxylic acids is 1. The minimum Gasteiger partial charge on any atom is -0.480 e. The molecule has 0 amide bonds. The van der Waals surface area contributed by atoms with E-state index in [-0.39, 0.29) is 5.92 Å². The number of likely N-dealkylation sites (tertiary alicyclic amines) is 1. The molecule has 1 fully saturated rings. The number of carbonyl (C=O) groups is 1. The number of piperidine rings is 1. The van der Waals surface area contributed by atoms with Gasteiger partial charge in [0.1, 0.15) is 6.04 Å². The van der Waals surface area contributed by atoms with Gasteiger partial charge in [-0.15, -0.1) is 0 Å². The van der Waals surface area contributed by atoms with E-state index < -0.39 is 17.6 Å². The number of carboxylic acid groups (broad SMARTS) is 1. The highest BCUT2D eigenvalue weighted by molar-refractivity contribution is 5.84. The van der Waals surface area contributed by atoms with E-state index in [0.717, 1.165) is 53.7 Å². The average molecular weight is 498 g/mol. The Bertz CT molecular complexity index is 1170. The first kappa shape index (κ1) is 25.7. The lowest BCUT2D eigenvalue weighted by Crippen LogP contribution is -2.56. The quantitative estimate of drug-likeness (QED) is 0.384. The number of rotatable bonds is 9. The van der Waals surface area contributed by atoms with Gasteiger partial charge in [0.05, 0.1) is 5.54 Å². The van der Waals surface area contributed by atoms with Gasteiger partial charge in [0, 0.05) is 18.6 Å². The number of hydrogen-bond donors (Lipinski definition) is 3. The summed E-state index contributed by atoms with van der Waals surface area (Å²) < 4.78 is 0. The Morgan fingerprint density at radius 3 is 1.97 bits per heavy atom. The van der Waals surface area contributed by atoms with Crippen molar-refractivity contribution >= 4 is 5.97 Å². The fraction of sp³-hybridized carbons (Fsp3) is 0.406. The highest BCUT2D eigenvalue weighted by Crippen LogP contribution is 2.51. The van der Waals surface area contributed by atoms with Crippen LogP contribution in [0.4, 0.5) is 0 Å². The van der Waals surface area contributed by atoms with Crippen LogP contribution in [-0.4, -0.2) is 53.7 Å². The van der Waals surface area contributed by atoms with E-state index in [2.05, 4.69) is 77.9 Å². The molecule has 0 aromatic heterocycles. The molecule has 2 atom stereocenters. The van der Waals surface area contributed by atoms with Crippen molar-refractivity contribution < 1.29 is 9.90 Å². The lowest BCUT2D eigenvalue weighted by molar-refractivity contribution is -0.141. The number of aliphatic carboxylic acids is 1. The molecule has 1 heterocycles. The maximum absolute atomic E-state index is 12.8. The van der Waals surface area contributed by atoms with Crippen LogP contribution in [0.15, 0.2) is 78.9 Å². The Labute approximate surface area is 220 Å². The van der Waals surface area contributed by atoms with Crippen LogP contribution in [0.2, 0.25) is 0 Å². The van der Waals surface area contributed by atoms with Gasteiger partial charge in [0.2, 0.25) is 0 Å². The van der Waals surface area contributed by atoms with Gasteiger partial charge in [0.15, 0.2) is 0 Å². The fourth-order valence-corrected chi connectivity index (χ4v) is 6.24. The SMILES string of the molecule is CC(CNC1CCN(C(C)C)CC1)C(NC1(c2ccccc2)c2ccccc2-c2ccccc21)C(=O)O. The first-order valence-electron chi connectivity index (χ1n) is 13.6. The third-order valence-electron chi connectivity index (χ3n) is 8.35.